The molecule has 0 aliphatic carbocycles. The molecule has 3 aliphatic rings. The van der Waals surface area contributed by atoms with Crippen molar-refractivity contribution < 1.29 is 58.8 Å². The van der Waals surface area contributed by atoms with Gasteiger partial charge in [-0.25, -0.2) is 19.3 Å². The number of carbonyl (C=O) groups is 2. The third-order valence-corrected chi connectivity index (χ3v) is 10.1. The number of hydrogen-bond acceptors (Lipinski definition) is 16. The number of aryl methyl sites for hydroxylation is 1. The van der Waals surface area contributed by atoms with Crippen molar-refractivity contribution in [1.82, 2.24) is 29.9 Å². The van der Waals surface area contributed by atoms with Crippen LogP contribution in [0.25, 0.3) is 22.3 Å². The number of nitrogens with one attached hydrogen (secondary N) is 1. The van der Waals surface area contributed by atoms with Crippen LogP contribution in [0.4, 0.5) is 4.79 Å². The first-order chi connectivity index (χ1) is 26.5. The highest BCUT2D eigenvalue weighted by atomic mass is 16.7. The summed E-state index contributed by atoms with van der Waals surface area (Å²) in [6.07, 6.45) is -5.24. The van der Waals surface area contributed by atoms with Gasteiger partial charge >= 0.3 is 12.1 Å². The van der Waals surface area contributed by atoms with E-state index in [4.69, 9.17) is 28.7 Å². The van der Waals surface area contributed by atoms with Gasteiger partial charge in [0.05, 0.1) is 68.2 Å². The van der Waals surface area contributed by atoms with E-state index in [1.54, 1.807) is 42.0 Å². The van der Waals surface area contributed by atoms with E-state index in [1.165, 1.54) is 4.68 Å². The number of aromatic nitrogens is 5. The lowest BCUT2D eigenvalue weighted by molar-refractivity contribution is -0.301. The third kappa shape index (κ3) is 7.20. The summed E-state index contributed by atoms with van der Waals surface area (Å²) in [5.74, 6) is -0.488. The Morgan fingerprint density at radius 2 is 1.91 bits per heavy atom. The molecule has 1 fully saturated rings. The Morgan fingerprint density at radius 3 is 2.67 bits per heavy atom. The second-order valence-corrected chi connectivity index (χ2v) is 13.5. The Balaban J connectivity index is 0.912. The second-order valence-electron chi connectivity index (χ2n) is 13.5. The van der Waals surface area contributed by atoms with Crippen molar-refractivity contribution in [2.75, 3.05) is 26.4 Å². The van der Waals surface area contributed by atoms with Crippen molar-refractivity contribution >= 4 is 23.0 Å². The molecular formula is C36H42N6O13. The minimum Gasteiger partial charge on any atom is -0.458 e. The van der Waals surface area contributed by atoms with Gasteiger partial charge in [-0.1, -0.05) is 19.1 Å². The number of aliphatic hydroxyl groups excluding tert-OH is 4. The first-order valence-corrected chi connectivity index (χ1v) is 17.9. The fraction of sp³-hybridized carbons (Fsp3) is 0.500. The number of rotatable bonds is 13. The first-order valence-electron chi connectivity index (χ1n) is 17.9. The molecule has 0 radical (unpaired) electrons. The van der Waals surface area contributed by atoms with Crippen LogP contribution in [0.1, 0.15) is 48.2 Å². The second kappa shape index (κ2) is 15.7. The fourth-order valence-electron chi connectivity index (χ4n) is 7.13. The van der Waals surface area contributed by atoms with Gasteiger partial charge in [-0.15, -0.1) is 5.10 Å². The fourth-order valence-corrected chi connectivity index (χ4v) is 7.13. The monoisotopic (exact) mass is 766 g/mol. The van der Waals surface area contributed by atoms with E-state index in [0.29, 0.717) is 34.8 Å². The molecule has 19 nitrogen and oxygen atoms in total. The molecule has 1 amide bonds. The number of benzene rings is 1. The van der Waals surface area contributed by atoms with E-state index in [9.17, 15) is 39.9 Å². The van der Waals surface area contributed by atoms with Gasteiger partial charge in [-0.05, 0) is 42.7 Å². The van der Waals surface area contributed by atoms with Crippen LogP contribution in [0.5, 0.6) is 5.75 Å². The number of pyridine rings is 2. The zero-order valence-corrected chi connectivity index (χ0v) is 30.1. The number of esters is 1. The van der Waals surface area contributed by atoms with Gasteiger partial charge in [0, 0.05) is 23.1 Å². The molecule has 1 saturated heterocycles. The normalized spacial score (nSPS) is 24.3. The molecule has 0 spiro atoms. The minimum absolute atomic E-state index is 0.0243. The van der Waals surface area contributed by atoms with E-state index < -0.39 is 55.0 Å². The molecule has 4 aromatic rings. The van der Waals surface area contributed by atoms with Gasteiger partial charge in [0.2, 0.25) is 0 Å². The summed E-state index contributed by atoms with van der Waals surface area (Å²) in [7, 11) is 0. The lowest BCUT2D eigenvalue weighted by Gasteiger charge is -2.39. The quantitative estimate of drug-likeness (QED) is 0.0643. The van der Waals surface area contributed by atoms with Crippen LogP contribution in [0.2, 0.25) is 0 Å². The van der Waals surface area contributed by atoms with Crippen LogP contribution in [-0.2, 0) is 62.1 Å². The summed E-state index contributed by atoms with van der Waals surface area (Å²) in [6, 6.07) is 6.76. The van der Waals surface area contributed by atoms with Crippen LogP contribution in [0.3, 0.4) is 0 Å². The maximum Gasteiger partial charge on any atom is 0.412 e. The highest BCUT2D eigenvalue weighted by Crippen LogP contribution is 2.40. The van der Waals surface area contributed by atoms with E-state index >= 15 is 0 Å². The Kier molecular flexibility index (Phi) is 11.0. The highest BCUT2D eigenvalue weighted by Gasteiger charge is 2.46. The lowest BCUT2D eigenvalue weighted by atomic mass is 9.86. The van der Waals surface area contributed by atoms with Crippen molar-refractivity contribution in [3.63, 3.8) is 0 Å². The molecule has 6 atom stereocenters. The first kappa shape index (κ1) is 38.4. The predicted molar refractivity (Wildman–Crippen MR) is 187 cm³/mol. The number of carbonyl (C=O) groups excluding carboxylic acids is 2. The molecule has 1 aromatic carbocycles. The van der Waals surface area contributed by atoms with Gasteiger partial charge in [0.25, 0.3) is 5.56 Å². The number of nitrogens with zero attached hydrogens (tertiary/aromatic N) is 5. The summed E-state index contributed by atoms with van der Waals surface area (Å²) in [5.41, 5.74) is 2.25. The zero-order chi connectivity index (χ0) is 39.0. The summed E-state index contributed by atoms with van der Waals surface area (Å²) < 4.78 is 30.2. The molecule has 7 rings (SSSR count). The smallest absolute Gasteiger partial charge is 0.412 e. The van der Waals surface area contributed by atoms with Crippen LogP contribution >= 0.6 is 0 Å². The SMILES string of the molecule is CCc1c2c(nc3ccc(OC(=O)NCCOCc4cn(CCO[C@H]5O[C@@H](CO)[C@H](O)[C@@H](O)[C@@H]5O)nn4)cc13)-c1cc3c(c(=O)n1C2)COC(=O)[C@]3(O)CC. The molecule has 294 valence electrons. The standard InChI is InChI=1S/C36H42N6O13/c1-3-20-21-11-19(5-6-25(21)38-28-22(20)14-42-26(28)12-24-23(32(42)47)17-53-34(48)36(24,50)4-2)54-35(49)37-7-9-51-16-18-13-41(40-39-18)8-10-52-33-31(46)30(45)29(44)27(15-43)55-33/h5-6,11-13,27,29-31,33,43-46,50H,3-4,7-10,14-17H2,1-2H3,(H,37,49)/t27-,29-,30+,31-,33-,36-/m0/s1. The summed E-state index contributed by atoms with van der Waals surface area (Å²) in [5, 5.41) is 61.7. The predicted octanol–water partition coefficient (Wildman–Crippen LogP) is -0.645. The van der Waals surface area contributed by atoms with Crippen LogP contribution in [0, 0.1) is 0 Å². The molecule has 3 aliphatic heterocycles. The Hall–Kier alpha value is -4.86. The summed E-state index contributed by atoms with van der Waals surface area (Å²) in [4.78, 5) is 43.6. The molecule has 6 heterocycles. The molecule has 0 saturated carbocycles. The van der Waals surface area contributed by atoms with Gasteiger partial charge in [-0.3, -0.25) is 4.79 Å². The van der Waals surface area contributed by atoms with E-state index in [2.05, 4.69) is 15.6 Å². The van der Waals surface area contributed by atoms with Gasteiger partial charge in [0.15, 0.2) is 11.9 Å². The van der Waals surface area contributed by atoms with Crippen LogP contribution < -0.4 is 15.6 Å². The van der Waals surface area contributed by atoms with Gasteiger partial charge in [-0.2, -0.15) is 0 Å². The number of ether oxygens (including phenoxy) is 5. The molecule has 0 unspecified atom stereocenters. The van der Waals surface area contributed by atoms with Gasteiger partial charge in [0.1, 0.15) is 42.5 Å². The van der Waals surface area contributed by atoms with Crippen molar-refractivity contribution in [3.05, 3.63) is 68.8 Å². The Labute approximate surface area is 313 Å². The van der Waals surface area contributed by atoms with Crippen molar-refractivity contribution in [2.24, 2.45) is 0 Å². The minimum atomic E-state index is -1.92. The van der Waals surface area contributed by atoms with Crippen molar-refractivity contribution in [2.45, 2.75) is 89.3 Å². The summed E-state index contributed by atoms with van der Waals surface area (Å²) in [6.45, 7) is 3.77. The van der Waals surface area contributed by atoms with E-state index in [0.717, 1.165) is 16.5 Å². The van der Waals surface area contributed by atoms with Gasteiger partial charge < -0.3 is 59.1 Å². The summed E-state index contributed by atoms with van der Waals surface area (Å²) >= 11 is 0. The average Bonchev–Trinajstić information content (AvgIpc) is 3.79. The highest BCUT2D eigenvalue weighted by molar-refractivity contribution is 5.90. The van der Waals surface area contributed by atoms with E-state index in [1.807, 2.05) is 6.92 Å². The number of aliphatic hydroxyl groups is 5. The lowest BCUT2D eigenvalue weighted by Crippen LogP contribution is -2.59. The number of cyclic esters (lactones) is 1. The van der Waals surface area contributed by atoms with Crippen molar-refractivity contribution in [1.29, 1.82) is 0 Å². The zero-order valence-electron chi connectivity index (χ0n) is 30.1. The maximum atomic E-state index is 13.6. The molecule has 55 heavy (non-hydrogen) atoms. The Morgan fingerprint density at radius 1 is 1.09 bits per heavy atom. The number of hydrogen-bond donors (Lipinski definition) is 6. The number of amides is 1. The third-order valence-electron chi connectivity index (χ3n) is 10.1. The molecular weight excluding hydrogens is 724 g/mol. The average molecular weight is 767 g/mol. The molecule has 0 bridgehead atoms. The van der Waals surface area contributed by atoms with Crippen LogP contribution in [0.15, 0.2) is 35.3 Å². The topological polar surface area (TPSA) is 259 Å². The Bertz CT molecular complexity index is 2150. The molecule has 6 N–H and O–H groups in total. The maximum absolute atomic E-state index is 13.6. The molecule has 19 heteroatoms. The largest absolute Gasteiger partial charge is 0.458 e. The van der Waals surface area contributed by atoms with Crippen LogP contribution in [-0.4, -0.2) is 119 Å². The van der Waals surface area contributed by atoms with E-state index in [-0.39, 0.29) is 69.2 Å². The van der Waals surface area contributed by atoms with Crippen molar-refractivity contribution in [3.8, 4) is 17.1 Å². The molecule has 3 aromatic heterocycles. The number of fused-ring (bicyclic) bond motifs is 5.